The number of para-hydroxylation sites is 1. The SMILES string of the molecule is COc1cccc2c1OCCN(CCN)C2. The minimum Gasteiger partial charge on any atom is -0.493 e. The van der Waals surface area contributed by atoms with E-state index in [1.54, 1.807) is 7.11 Å². The third kappa shape index (κ3) is 2.28. The van der Waals surface area contributed by atoms with Crippen molar-refractivity contribution >= 4 is 0 Å². The van der Waals surface area contributed by atoms with Gasteiger partial charge in [0.05, 0.1) is 7.11 Å². The zero-order valence-electron chi connectivity index (χ0n) is 9.61. The third-order valence-corrected chi connectivity index (χ3v) is 2.77. The highest BCUT2D eigenvalue weighted by Crippen LogP contribution is 2.33. The van der Waals surface area contributed by atoms with Crippen molar-refractivity contribution in [3.63, 3.8) is 0 Å². The van der Waals surface area contributed by atoms with E-state index >= 15 is 0 Å². The number of nitrogens with zero attached hydrogens (tertiary/aromatic N) is 1. The molecule has 1 aliphatic heterocycles. The van der Waals surface area contributed by atoms with Gasteiger partial charge >= 0.3 is 0 Å². The predicted molar refractivity (Wildman–Crippen MR) is 62.8 cm³/mol. The average Bonchev–Trinajstić information content (AvgIpc) is 2.50. The normalized spacial score (nSPS) is 16.1. The lowest BCUT2D eigenvalue weighted by Crippen LogP contribution is -2.30. The lowest BCUT2D eigenvalue weighted by atomic mass is 10.1. The second kappa shape index (κ2) is 5.18. The lowest BCUT2D eigenvalue weighted by Gasteiger charge is -2.17. The standard InChI is InChI=1S/C12H18N2O2/c1-15-11-4-2-3-10-9-14(6-5-13)7-8-16-12(10)11/h2-4H,5-9,13H2,1H3. The molecule has 0 fully saturated rings. The van der Waals surface area contributed by atoms with Gasteiger partial charge in [-0.1, -0.05) is 12.1 Å². The number of methoxy groups -OCH3 is 1. The van der Waals surface area contributed by atoms with Crippen molar-refractivity contribution in [2.45, 2.75) is 6.54 Å². The highest BCUT2D eigenvalue weighted by atomic mass is 16.5. The van der Waals surface area contributed by atoms with Gasteiger partial charge < -0.3 is 15.2 Å². The summed E-state index contributed by atoms with van der Waals surface area (Å²) in [6, 6.07) is 6.00. The molecule has 1 heterocycles. The summed E-state index contributed by atoms with van der Waals surface area (Å²) in [6.45, 7) is 4.06. The fraction of sp³-hybridized carbons (Fsp3) is 0.500. The molecular formula is C12H18N2O2. The van der Waals surface area contributed by atoms with Gasteiger partial charge in [0.25, 0.3) is 0 Å². The molecule has 0 radical (unpaired) electrons. The van der Waals surface area contributed by atoms with Crippen LogP contribution in [-0.2, 0) is 6.54 Å². The molecule has 2 N–H and O–H groups in total. The van der Waals surface area contributed by atoms with E-state index in [1.807, 2.05) is 12.1 Å². The van der Waals surface area contributed by atoms with Crippen LogP contribution in [0.1, 0.15) is 5.56 Å². The molecule has 0 aromatic heterocycles. The summed E-state index contributed by atoms with van der Waals surface area (Å²) >= 11 is 0. The molecule has 4 nitrogen and oxygen atoms in total. The van der Waals surface area contributed by atoms with Gasteiger partial charge in [0.15, 0.2) is 11.5 Å². The summed E-state index contributed by atoms with van der Waals surface area (Å²) in [5.74, 6) is 1.69. The van der Waals surface area contributed by atoms with Crippen LogP contribution in [0.25, 0.3) is 0 Å². The molecule has 0 saturated heterocycles. The Hall–Kier alpha value is -1.26. The van der Waals surface area contributed by atoms with Crippen LogP contribution in [0.15, 0.2) is 18.2 Å². The van der Waals surface area contributed by atoms with Gasteiger partial charge in [0.2, 0.25) is 0 Å². The number of ether oxygens (including phenoxy) is 2. The van der Waals surface area contributed by atoms with Crippen molar-refractivity contribution in [1.29, 1.82) is 0 Å². The van der Waals surface area contributed by atoms with E-state index < -0.39 is 0 Å². The number of hydrogen-bond donors (Lipinski definition) is 1. The van der Waals surface area contributed by atoms with Crippen LogP contribution >= 0.6 is 0 Å². The maximum absolute atomic E-state index is 5.74. The Bertz CT molecular complexity index is 355. The second-order valence-corrected chi connectivity index (χ2v) is 3.86. The first-order valence-electron chi connectivity index (χ1n) is 5.56. The molecule has 0 atom stereocenters. The van der Waals surface area contributed by atoms with Gasteiger partial charge in [-0.2, -0.15) is 0 Å². The maximum atomic E-state index is 5.74. The van der Waals surface area contributed by atoms with E-state index in [-0.39, 0.29) is 0 Å². The Morgan fingerprint density at radius 2 is 2.38 bits per heavy atom. The van der Waals surface area contributed by atoms with Crippen LogP contribution in [0.3, 0.4) is 0 Å². The smallest absolute Gasteiger partial charge is 0.165 e. The summed E-state index contributed by atoms with van der Waals surface area (Å²) in [5, 5.41) is 0. The van der Waals surface area contributed by atoms with Gasteiger partial charge in [0.1, 0.15) is 6.61 Å². The molecule has 4 heteroatoms. The molecule has 1 aromatic carbocycles. The molecule has 1 aliphatic rings. The molecule has 0 unspecified atom stereocenters. The highest BCUT2D eigenvalue weighted by Gasteiger charge is 2.17. The molecule has 88 valence electrons. The summed E-state index contributed by atoms with van der Waals surface area (Å²) in [5.41, 5.74) is 6.75. The van der Waals surface area contributed by atoms with Crippen LogP contribution in [0.2, 0.25) is 0 Å². The summed E-state index contributed by atoms with van der Waals surface area (Å²) in [7, 11) is 1.67. The van der Waals surface area contributed by atoms with Crippen LogP contribution in [-0.4, -0.2) is 38.3 Å². The van der Waals surface area contributed by atoms with Crippen molar-refractivity contribution in [2.24, 2.45) is 5.73 Å². The quantitative estimate of drug-likeness (QED) is 0.823. The van der Waals surface area contributed by atoms with Gasteiger partial charge in [-0.05, 0) is 6.07 Å². The van der Waals surface area contributed by atoms with Crippen LogP contribution < -0.4 is 15.2 Å². The zero-order chi connectivity index (χ0) is 11.4. The maximum Gasteiger partial charge on any atom is 0.165 e. The van der Waals surface area contributed by atoms with Crippen molar-refractivity contribution in [3.8, 4) is 11.5 Å². The fourth-order valence-electron chi connectivity index (χ4n) is 1.98. The van der Waals surface area contributed by atoms with Crippen molar-refractivity contribution in [2.75, 3.05) is 33.4 Å². The first kappa shape index (κ1) is 11.2. The predicted octanol–water partition coefficient (Wildman–Crippen LogP) is 0.848. The number of hydrogen-bond acceptors (Lipinski definition) is 4. The molecule has 0 spiro atoms. The Labute approximate surface area is 95.9 Å². The molecule has 0 bridgehead atoms. The van der Waals surface area contributed by atoms with Crippen LogP contribution in [0.5, 0.6) is 11.5 Å². The van der Waals surface area contributed by atoms with E-state index in [4.69, 9.17) is 15.2 Å². The number of rotatable bonds is 3. The molecule has 0 amide bonds. The van der Waals surface area contributed by atoms with Crippen LogP contribution in [0.4, 0.5) is 0 Å². The van der Waals surface area contributed by atoms with E-state index in [9.17, 15) is 0 Å². The van der Waals surface area contributed by atoms with Gasteiger partial charge in [-0.25, -0.2) is 0 Å². The summed E-state index contributed by atoms with van der Waals surface area (Å²) < 4.78 is 11.0. The monoisotopic (exact) mass is 222 g/mol. The van der Waals surface area contributed by atoms with Gasteiger partial charge in [0, 0.05) is 31.7 Å². The molecule has 16 heavy (non-hydrogen) atoms. The van der Waals surface area contributed by atoms with E-state index in [2.05, 4.69) is 11.0 Å². The highest BCUT2D eigenvalue weighted by molar-refractivity contribution is 5.46. The Morgan fingerprint density at radius 1 is 1.50 bits per heavy atom. The van der Waals surface area contributed by atoms with Gasteiger partial charge in [-0.3, -0.25) is 4.90 Å². The zero-order valence-corrected chi connectivity index (χ0v) is 9.61. The summed E-state index contributed by atoms with van der Waals surface area (Å²) in [4.78, 5) is 2.30. The molecule has 2 rings (SSSR count). The number of nitrogens with two attached hydrogens (primary N) is 1. The van der Waals surface area contributed by atoms with Crippen LogP contribution in [0, 0.1) is 0 Å². The first-order chi connectivity index (χ1) is 7.85. The largest absolute Gasteiger partial charge is 0.493 e. The minimum absolute atomic E-state index is 0.680. The molecule has 1 aromatic rings. The topological polar surface area (TPSA) is 47.7 Å². The molecular weight excluding hydrogens is 204 g/mol. The summed E-state index contributed by atoms with van der Waals surface area (Å²) in [6.07, 6.45) is 0. The Balaban J connectivity index is 2.23. The van der Waals surface area contributed by atoms with E-state index in [0.717, 1.165) is 31.1 Å². The Morgan fingerprint density at radius 3 is 3.12 bits per heavy atom. The number of fused-ring (bicyclic) bond motifs is 1. The first-order valence-corrected chi connectivity index (χ1v) is 5.56. The second-order valence-electron chi connectivity index (χ2n) is 3.86. The Kier molecular flexibility index (Phi) is 3.64. The van der Waals surface area contributed by atoms with Crippen molar-refractivity contribution in [3.05, 3.63) is 23.8 Å². The lowest BCUT2D eigenvalue weighted by molar-refractivity contribution is 0.227. The number of benzene rings is 1. The molecule has 0 saturated carbocycles. The van der Waals surface area contributed by atoms with E-state index in [1.165, 1.54) is 5.56 Å². The van der Waals surface area contributed by atoms with E-state index in [0.29, 0.717) is 13.2 Å². The fourth-order valence-corrected chi connectivity index (χ4v) is 1.98. The molecule has 0 aliphatic carbocycles. The average molecular weight is 222 g/mol. The van der Waals surface area contributed by atoms with Gasteiger partial charge in [-0.15, -0.1) is 0 Å². The third-order valence-electron chi connectivity index (χ3n) is 2.77. The van der Waals surface area contributed by atoms with Crippen molar-refractivity contribution in [1.82, 2.24) is 4.90 Å². The minimum atomic E-state index is 0.680. The van der Waals surface area contributed by atoms with Crippen molar-refractivity contribution < 1.29 is 9.47 Å².